The second-order valence-electron chi connectivity index (χ2n) is 5.08. The van der Waals surface area contributed by atoms with Crippen molar-refractivity contribution < 1.29 is 0 Å². The van der Waals surface area contributed by atoms with Crippen molar-refractivity contribution in [3.05, 3.63) is 55.0 Å². The molecule has 3 rings (SSSR count). The predicted octanol–water partition coefficient (Wildman–Crippen LogP) is 4.35. The summed E-state index contributed by atoms with van der Waals surface area (Å²) in [6.07, 6.45) is 5.67. The first-order chi connectivity index (χ1) is 10.3. The molecular weight excluding hydrogens is 260 g/mol. The number of aromatic nitrogens is 3. The number of hydrogen-bond acceptors (Lipinski definition) is 3. The molecule has 0 unspecified atom stereocenters. The zero-order valence-electron chi connectivity index (χ0n) is 12.1. The van der Waals surface area contributed by atoms with Crippen molar-refractivity contribution in [2.24, 2.45) is 0 Å². The summed E-state index contributed by atoms with van der Waals surface area (Å²) in [5.41, 5.74) is 3.12. The fourth-order valence-corrected chi connectivity index (χ4v) is 2.34. The van der Waals surface area contributed by atoms with Gasteiger partial charge in [0.15, 0.2) is 0 Å². The summed E-state index contributed by atoms with van der Waals surface area (Å²) in [7, 11) is 0. The van der Waals surface area contributed by atoms with Crippen molar-refractivity contribution in [3.8, 4) is 11.3 Å². The Morgan fingerprint density at radius 1 is 1.24 bits per heavy atom. The van der Waals surface area contributed by atoms with E-state index in [2.05, 4.69) is 52.2 Å². The maximum Gasteiger partial charge on any atom is 0.130 e. The van der Waals surface area contributed by atoms with Crippen molar-refractivity contribution in [1.82, 2.24) is 15.2 Å². The van der Waals surface area contributed by atoms with Gasteiger partial charge in [0.1, 0.15) is 5.82 Å². The van der Waals surface area contributed by atoms with Crippen LogP contribution in [0.3, 0.4) is 0 Å². The number of nitrogens with zero attached hydrogens (tertiary/aromatic N) is 2. The normalized spacial score (nSPS) is 10.7. The molecule has 0 aliphatic rings. The van der Waals surface area contributed by atoms with Crippen LogP contribution in [-0.4, -0.2) is 15.2 Å². The van der Waals surface area contributed by atoms with Gasteiger partial charge in [-0.3, -0.25) is 5.10 Å². The number of hydrogen-bond donors (Lipinski definition) is 2. The smallest absolute Gasteiger partial charge is 0.130 e. The van der Waals surface area contributed by atoms with Crippen molar-refractivity contribution in [1.29, 1.82) is 0 Å². The lowest BCUT2D eigenvalue weighted by Gasteiger charge is -2.09. The number of pyridine rings is 1. The van der Waals surface area contributed by atoms with E-state index in [0.29, 0.717) is 0 Å². The quantitative estimate of drug-likeness (QED) is 0.729. The first kappa shape index (κ1) is 13.4. The van der Waals surface area contributed by atoms with Gasteiger partial charge >= 0.3 is 0 Å². The van der Waals surface area contributed by atoms with Crippen LogP contribution in [0.1, 0.15) is 19.8 Å². The third-order valence-corrected chi connectivity index (χ3v) is 3.39. The van der Waals surface area contributed by atoms with Crippen LogP contribution < -0.4 is 5.32 Å². The van der Waals surface area contributed by atoms with Crippen LogP contribution >= 0.6 is 0 Å². The van der Waals surface area contributed by atoms with E-state index in [1.54, 1.807) is 6.20 Å². The van der Waals surface area contributed by atoms with Crippen LogP contribution in [0, 0.1) is 0 Å². The molecule has 4 nitrogen and oxygen atoms in total. The van der Waals surface area contributed by atoms with E-state index in [1.807, 2.05) is 18.3 Å². The molecule has 2 heterocycles. The maximum atomic E-state index is 4.45. The first-order valence-corrected chi connectivity index (χ1v) is 7.10. The molecule has 0 aliphatic carbocycles. The Balaban J connectivity index is 1.89. The van der Waals surface area contributed by atoms with E-state index in [0.717, 1.165) is 46.4 Å². The average molecular weight is 278 g/mol. The fourth-order valence-electron chi connectivity index (χ4n) is 2.34. The van der Waals surface area contributed by atoms with Crippen molar-refractivity contribution in [3.63, 3.8) is 0 Å². The molecule has 106 valence electrons. The van der Waals surface area contributed by atoms with Gasteiger partial charge in [-0.05, 0) is 30.0 Å². The van der Waals surface area contributed by atoms with Crippen LogP contribution in [-0.2, 0) is 0 Å². The summed E-state index contributed by atoms with van der Waals surface area (Å²) in [4.78, 5) is 4.45. The monoisotopic (exact) mass is 278 g/mol. The Kier molecular flexibility index (Phi) is 3.69. The molecule has 2 N–H and O–H groups in total. The Morgan fingerprint density at radius 3 is 2.90 bits per heavy atom. The molecular formula is C17H18N4. The van der Waals surface area contributed by atoms with E-state index in [-0.39, 0.29) is 0 Å². The Bertz CT molecular complexity index is 760. The van der Waals surface area contributed by atoms with Crippen LogP contribution in [0.25, 0.3) is 22.0 Å². The minimum atomic E-state index is 0.843. The molecule has 3 aromatic rings. The van der Waals surface area contributed by atoms with Crippen molar-refractivity contribution in [2.45, 2.75) is 19.8 Å². The van der Waals surface area contributed by atoms with Crippen LogP contribution in [0.5, 0.6) is 0 Å². The highest BCUT2D eigenvalue weighted by molar-refractivity contribution is 5.88. The molecule has 0 saturated heterocycles. The number of rotatable bonds is 5. The second-order valence-corrected chi connectivity index (χ2v) is 5.08. The van der Waals surface area contributed by atoms with E-state index in [9.17, 15) is 0 Å². The minimum Gasteiger partial charge on any atom is -0.344 e. The summed E-state index contributed by atoms with van der Waals surface area (Å²) < 4.78 is 0. The molecule has 0 spiro atoms. The molecule has 0 fully saturated rings. The van der Waals surface area contributed by atoms with Crippen LogP contribution in [0.4, 0.5) is 5.82 Å². The summed E-state index contributed by atoms with van der Waals surface area (Å²) in [6.45, 7) is 6.14. The Morgan fingerprint density at radius 2 is 2.14 bits per heavy atom. The third kappa shape index (κ3) is 2.94. The average Bonchev–Trinajstić information content (AvgIpc) is 3.01. The second kappa shape index (κ2) is 5.79. The molecule has 0 atom stereocenters. The lowest BCUT2D eigenvalue weighted by Crippen LogP contribution is -1.99. The van der Waals surface area contributed by atoms with Crippen LogP contribution in [0.15, 0.2) is 55.0 Å². The zero-order chi connectivity index (χ0) is 14.7. The predicted molar refractivity (Wildman–Crippen MR) is 87.0 cm³/mol. The third-order valence-electron chi connectivity index (χ3n) is 3.39. The molecule has 1 aromatic carbocycles. The highest BCUT2D eigenvalue weighted by Crippen LogP contribution is 2.24. The van der Waals surface area contributed by atoms with Crippen LogP contribution in [0.2, 0.25) is 0 Å². The highest BCUT2D eigenvalue weighted by atomic mass is 15.1. The number of allylic oxidation sites excluding steroid dienone is 1. The summed E-state index contributed by atoms with van der Waals surface area (Å²) in [5, 5.41) is 12.5. The standard InChI is InChI=1S/C17H18N4/c1-3-4-12(2)20-17-10-13-5-6-14(9-15(13)11-18-17)16-7-8-19-21-16/h5-11H,2-4H2,1H3,(H,18,20)(H,19,21). The number of benzene rings is 1. The number of anilines is 1. The molecule has 4 heteroatoms. The number of fused-ring (bicyclic) bond motifs is 1. The molecule has 0 radical (unpaired) electrons. The number of H-pyrrole nitrogens is 1. The lowest BCUT2D eigenvalue weighted by atomic mass is 10.1. The molecule has 0 bridgehead atoms. The molecule has 0 aliphatic heterocycles. The first-order valence-electron chi connectivity index (χ1n) is 7.10. The van der Waals surface area contributed by atoms with Gasteiger partial charge in [0.2, 0.25) is 0 Å². The Labute approximate surface area is 123 Å². The van der Waals surface area contributed by atoms with E-state index in [4.69, 9.17) is 0 Å². The molecule has 2 aromatic heterocycles. The molecule has 0 amide bonds. The summed E-state index contributed by atoms with van der Waals surface area (Å²) >= 11 is 0. The van der Waals surface area contributed by atoms with Gasteiger partial charge in [-0.2, -0.15) is 5.10 Å². The maximum absolute atomic E-state index is 4.45. The number of nitrogens with one attached hydrogen (secondary N) is 2. The molecule has 21 heavy (non-hydrogen) atoms. The topological polar surface area (TPSA) is 53.6 Å². The van der Waals surface area contributed by atoms with Gasteiger partial charge in [0.25, 0.3) is 0 Å². The van der Waals surface area contributed by atoms with Crippen molar-refractivity contribution in [2.75, 3.05) is 5.32 Å². The van der Waals surface area contributed by atoms with E-state index < -0.39 is 0 Å². The number of aromatic amines is 1. The molecule has 0 saturated carbocycles. The zero-order valence-corrected chi connectivity index (χ0v) is 12.1. The Hall–Kier alpha value is -2.62. The van der Waals surface area contributed by atoms with Gasteiger partial charge in [-0.15, -0.1) is 0 Å². The van der Waals surface area contributed by atoms with Crippen molar-refractivity contribution >= 4 is 16.6 Å². The fraction of sp³-hybridized carbons (Fsp3) is 0.176. The van der Waals surface area contributed by atoms with Gasteiger partial charge in [-0.25, -0.2) is 4.98 Å². The lowest BCUT2D eigenvalue weighted by molar-refractivity contribution is 0.911. The highest BCUT2D eigenvalue weighted by Gasteiger charge is 2.03. The van der Waals surface area contributed by atoms with Gasteiger partial charge in [0.05, 0.1) is 5.69 Å². The summed E-state index contributed by atoms with van der Waals surface area (Å²) in [5.74, 6) is 0.843. The summed E-state index contributed by atoms with van der Waals surface area (Å²) in [6, 6.07) is 10.3. The van der Waals surface area contributed by atoms with E-state index in [1.165, 1.54) is 0 Å². The van der Waals surface area contributed by atoms with Gasteiger partial charge in [-0.1, -0.05) is 32.1 Å². The largest absolute Gasteiger partial charge is 0.344 e. The van der Waals surface area contributed by atoms with Gasteiger partial charge < -0.3 is 5.32 Å². The SMILES string of the molecule is C=C(CCC)Nc1cc2ccc(-c3ccn[nH]3)cc2cn1. The van der Waals surface area contributed by atoms with Gasteiger partial charge in [0, 0.05) is 29.0 Å². The van der Waals surface area contributed by atoms with E-state index >= 15 is 0 Å². The minimum absolute atomic E-state index is 0.843.